The number of H-pyrrole nitrogens is 1. The fourth-order valence-electron chi connectivity index (χ4n) is 1.88. The quantitative estimate of drug-likeness (QED) is 0.879. The average molecular weight is 288 g/mol. The van der Waals surface area contributed by atoms with Crippen LogP contribution < -0.4 is 10.3 Å². The Kier molecular flexibility index (Phi) is 4.63. The van der Waals surface area contributed by atoms with Crippen LogP contribution in [0.4, 0.5) is 0 Å². The summed E-state index contributed by atoms with van der Waals surface area (Å²) in [6.07, 6.45) is 5.86. The third-order valence-electron chi connectivity index (χ3n) is 2.91. The first-order chi connectivity index (χ1) is 9.65. The van der Waals surface area contributed by atoms with Crippen LogP contribution in [0.2, 0.25) is 0 Å². The van der Waals surface area contributed by atoms with Crippen LogP contribution in [0.5, 0.6) is 5.75 Å². The second-order valence-corrected chi connectivity index (χ2v) is 5.06. The summed E-state index contributed by atoms with van der Waals surface area (Å²) in [6.45, 7) is 1.86. The third-order valence-corrected chi connectivity index (χ3v) is 3.71. The molecule has 0 amide bonds. The maximum atomic E-state index is 11.2. The van der Waals surface area contributed by atoms with Crippen molar-refractivity contribution >= 4 is 23.9 Å². The first kappa shape index (κ1) is 14.4. The first-order valence-corrected chi connectivity index (χ1v) is 7.33. The highest BCUT2D eigenvalue weighted by Crippen LogP contribution is 2.30. The molecule has 20 heavy (non-hydrogen) atoms. The second kappa shape index (κ2) is 6.43. The average Bonchev–Trinajstić information content (AvgIpc) is 2.46. The molecule has 1 heterocycles. The number of ether oxygens (including phenoxy) is 1. The number of hydrogen-bond acceptors (Lipinski definition) is 4. The van der Waals surface area contributed by atoms with E-state index in [2.05, 4.69) is 10.2 Å². The molecule has 104 valence electrons. The van der Waals surface area contributed by atoms with Gasteiger partial charge in [0.2, 0.25) is 0 Å². The Balaban J connectivity index is 2.43. The molecule has 0 aliphatic rings. The maximum absolute atomic E-state index is 11.2. The van der Waals surface area contributed by atoms with Gasteiger partial charge in [-0.05, 0) is 43.0 Å². The van der Waals surface area contributed by atoms with E-state index in [0.29, 0.717) is 0 Å². The molecule has 4 nitrogen and oxygen atoms in total. The van der Waals surface area contributed by atoms with Gasteiger partial charge in [-0.15, -0.1) is 11.8 Å². The van der Waals surface area contributed by atoms with Gasteiger partial charge in [-0.1, -0.05) is 6.07 Å². The zero-order valence-corrected chi connectivity index (χ0v) is 12.5. The number of nitrogens with zero attached hydrogens (tertiary/aromatic N) is 1. The van der Waals surface area contributed by atoms with Gasteiger partial charge in [0, 0.05) is 16.5 Å². The Labute approximate surface area is 121 Å². The highest BCUT2D eigenvalue weighted by molar-refractivity contribution is 7.98. The van der Waals surface area contributed by atoms with Crippen LogP contribution in [-0.2, 0) is 0 Å². The highest BCUT2D eigenvalue weighted by Gasteiger charge is 2.05. The summed E-state index contributed by atoms with van der Waals surface area (Å²) in [6, 6.07) is 7.46. The monoisotopic (exact) mass is 288 g/mol. The van der Waals surface area contributed by atoms with Gasteiger partial charge in [0.1, 0.15) is 5.75 Å². The van der Waals surface area contributed by atoms with Crippen LogP contribution in [-0.4, -0.2) is 23.6 Å². The first-order valence-electron chi connectivity index (χ1n) is 6.11. The van der Waals surface area contributed by atoms with E-state index in [1.165, 1.54) is 6.07 Å². The molecular formula is C15H16N2O2S. The van der Waals surface area contributed by atoms with Crippen LogP contribution in [0.25, 0.3) is 12.2 Å². The third kappa shape index (κ3) is 3.11. The van der Waals surface area contributed by atoms with E-state index in [9.17, 15) is 4.79 Å². The van der Waals surface area contributed by atoms with E-state index in [4.69, 9.17) is 4.74 Å². The predicted octanol–water partition coefficient (Wildman–Crippen LogP) is 2.98. The molecular weight excluding hydrogens is 272 g/mol. The van der Waals surface area contributed by atoms with E-state index >= 15 is 0 Å². The molecule has 0 atom stereocenters. The minimum Gasteiger partial charge on any atom is -0.496 e. The Hall–Kier alpha value is -2.01. The summed E-state index contributed by atoms with van der Waals surface area (Å²) in [5, 5.41) is 6.47. The van der Waals surface area contributed by atoms with E-state index in [1.807, 2.05) is 43.5 Å². The lowest BCUT2D eigenvalue weighted by atomic mass is 10.1. The van der Waals surface area contributed by atoms with E-state index < -0.39 is 0 Å². The van der Waals surface area contributed by atoms with Crippen molar-refractivity contribution in [3.05, 3.63) is 51.4 Å². The standard InChI is InChI=1S/C15H16N2O2S/c1-10-9-15(18)17-16-12(10)8-7-11-13(19-2)5-4-6-14(11)20-3/h4-9H,1-3H3,(H,17,18)/b8-7+. The molecule has 0 saturated carbocycles. The van der Waals surface area contributed by atoms with Gasteiger partial charge in [-0.25, -0.2) is 5.10 Å². The van der Waals surface area contributed by atoms with Gasteiger partial charge in [0.25, 0.3) is 5.56 Å². The molecule has 1 aromatic heterocycles. The van der Waals surface area contributed by atoms with Gasteiger partial charge in [-0.2, -0.15) is 5.10 Å². The molecule has 2 aromatic rings. The molecule has 0 aliphatic heterocycles. The lowest BCUT2D eigenvalue weighted by Gasteiger charge is -2.08. The van der Waals surface area contributed by atoms with Crippen molar-refractivity contribution in [2.24, 2.45) is 0 Å². The maximum Gasteiger partial charge on any atom is 0.264 e. The number of aromatic nitrogens is 2. The summed E-state index contributed by atoms with van der Waals surface area (Å²) >= 11 is 1.66. The molecule has 0 saturated heterocycles. The fraction of sp³-hybridized carbons (Fsp3) is 0.200. The molecule has 0 bridgehead atoms. The molecule has 0 fully saturated rings. The Morgan fingerprint density at radius 3 is 2.80 bits per heavy atom. The zero-order chi connectivity index (χ0) is 14.5. The van der Waals surface area contributed by atoms with Crippen LogP contribution in [0.1, 0.15) is 16.8 Å². The van der Waals surface area contributed by atoms with Crippen molar-refractivity contribution in [3.63, 3.8) is 0 Å². The van der Waals surface area contributed by atoms with Crippen LogP contribution in [0.3, 0.4) is 0 Å². The largest absolute Gasteiger partial charge is 0.496 e. The number of hydrogen-bond donors (Lipinski definition) is 1. The smallest absolute Gasteiger partial charge is 0.264 e. The van der Waals surface area contributed by atoms with Crippen molar-refractivity contribution in [3.8, 4) is 5.75 Å². The number of thioether (sulfide) groups is 1. The molecule has 0 spiro atoms. The van der Waals surface area contributed by atoms with E-state index in [-0.39, 0.29) is 5.56 Å². The predicted molar refractivity (Wildman–Crippen MR) is 83.3 cm³/mol. The molecule has 0 aliphatic carbocycles. The van der Waals surface area contributed by atoms with Gasteiger partial charge in [0.05, 0.1) is 12.8 Å². The van der Waals surface area contributed by atoms with Crippen LogP contribution in [0.15, 0.2) is 34.0 Å². The topological polar surface area (TPSA) is 55.0 Å². The summed E-state index contributed by atoms with van der Waals surface area (Å²) in [5.41, 5.74) is 2.39. The molecule has 0 unspecified atom stereocenters. The van der Waals surface area contributed by atoms with Crippen molar-refractivity contribution in [2.45, 2.75) is 11.8 Å². The number of aromatic amines is 1. The summed E-state index contributed by atoms with van der Waals surface area (Å²) < 4.78 is 5.38. The van der Waals surface area contributed by atoms with Crippen molar-refractivity contribution in [2.75, 3.05) is 13.4 Å². The molecule has 0 radical (unpaired) electrons. The molecule has 1 aromatic carbocycles. The molecule has 2 rings (SSSR count). The van der Waals surface area contributed by atoms with Gasteiger partial charge in [-0.3, -0.25) is 4.79 Å². The number of aryl methyl sites for hydroxylation is 1. The van der Waals surface area contributed by atoms with Crippen molar-refractivity contribution in [1.82, 2.24) is 10.2 Å². The summed E-state index contributed by atoms with van der Waals surface area (Å²) in [5.74, 6) is 0.815. The highest BCUT2D eigenvalue weighted by atomic mass is 32.2. The van der Waals surface area contributed by atoms with Crippen LogP contribution in [0, 0.1) is 6.92 Å². The van der Waals surface area contributed by atoms with Crippen molar-refractivity contribution in [1.29, 1.82) is 0 Å². The Morgan fingerprint density at radius 1 is 1.35 bits per heavy atom. The van der Waals surface area contributed by atoms with Crippen LogP contribution >= 0.6 is 11.8 Å². The Morgan fingerprint density at radius 2 is 2.15 bits per heavy atom. The summed E-state index contributed by atoms with van der Waals surface area (Å²) in [4.78, 5) is 12.3. The normalized spacial score (nSPS) is 10.9. The van der Waals surface area contributed by atoms with Gasteiger partial charge >= 0.3 is 0 Å². The minimum atomic E-state index is -0.193. The number of rotatable bonds is 4. The fourth-order valence-corrected chi connectivity index (χ4v) is 2.48. The number of methoxy groups -OCH3 is 1. The summed E-state index contributed by atoms with van der Waals surface area (Å²) in [7, 11) is 1.65. The van der Waals surface area contributed by atoms with Crippen molar-refractivity contribution < 1.29 is 4.74 Å². The molecule has 1 N–H and O–H groups in total. The number of benzene rings is 1. The SMILES string of the molecule is COc1cccc(SC)c1/C=C/c1n[nH]c(=O)cc1C. The zero-order valence-electron chi connectivity index (χ0n) is 11.6. The lowest BCUT2D eigenvalue weighted by molar-refractivity contribution is 0.412. The van der Waals surface area contributed by atoms with Gasteiger partial charge in [0.15, 0.2) is 0 Å². The van der Waals surface area contributed by atoms with E-state index in [0.717, 1.165) is 27.5 Å². The lowest BCUT2D eigenvalue weighted by Crippen LogP contribution is -2.08. The number of nitrogens with one attached hydrogen (secondary N) is 1. The molecule has 5 heteroatoms. The Bertz CT molecular complexity index is 670. The van der Waals surface area contributed by atoms with E-state index in [1.54, 1.807) is 18.9 Å². The second-order valence-electron chi connectivity index (χ2n) is 4.21. The minimum absolute atomic E-state index is 0.193. The van der Waals surface area contributed by atoms with Gasteiger partial charge < -0.3 is 4.74 Å².